The van der Waals surface area contributed by atoms with Crippen LogP contribution in [-0.2, 0) is 6.54 Å². The smallest absolute Gasteiger partial charge is 0.339 e. The summed E-state index contributed by atoms with van der Waals surface area (Å²) < 4.78 is 8.26. The zero-order chi connectivity index (χ0) is 14.7. The minimum atomic E-state index is -0.944. The molecule has 0 unspecified atom stereocenters. The van der Waals surface area contributed by atoms with Gasteiger partial charge in [-0.1, -0.05) is 15.9 Å². The molecule has 1 aromatic heterocycles. The molecule has 0 atom stereocenters. The van der Waals surface area contributed by atoms with E-state index in [9.17, 15) is 4.79 Å². The normalized spacial score (nSPS) is 10.6. The zero-order valence-corrected chi connectivity index (χ0v) is 12.8. The minimum absolute atomic E-state index is 0.272. The monoisotopic (exact) mass is 338 g/mol. The Labute approximate surface area is 125 Å². The average Bonchev–Trinajstić information content (AvgIpc) is 2.67. The minimum Gasteiger partial charge on any atom is -0.492 e. The highest BCUT2D eigenvalue weighted by Crippen LogP contribution is 2.16. The first-order valence-electron chi connectivity index (χ1n) is 6.14. The predicted octanol–water partition coefficient (Wildman–Crippen LogP) is 3.04. The first kappa shape index (κ1) is 14.6. The van der Waals surface area contributed by atoms with E-state index in [0.717, 1.165) is 10.2 Å². The highest BCUT2D eigenvalue weighted by Gasteiger charge is 2.17. The van der Waals surface area contributed by atoms with Crippen LogP contribution in [0.1, 0.15) is 21.7 Å². The number of carboxylic acid groups (broad SMARTS) is 1. The predicted molar refractivity (Wildman–Crippen MR) is 78.3 cm³/mol. The fourth-order valence-corrected chi connectivity index (χ4v) is 2.27. The van der Waals surface area contributed by atoms with E-state index in [0.29, 0.717) is 24.5 Å². The molecule has 0 aliphatic rings. The molecule has 0 saturated carbocycles. The number of aromatic nitrogens is 2. The van der Waals surface area contributed by atoms with Gasteiger partial charge in [-0.05, 0) is 38.1 Å². The maximum atomic E-state index is 11.1. The van der Waals surface area contributed by atoms with Gasteiger partial charge in [0.15, 0.2) is 0 Å². The molecule has 0 aliphatic carbocycles. The van der Waals surface area contributed by atoms with Crippen LogP contribution >= 0.6 is 15.9 Å². The van der Waals surface area contributed by atoms with Crippen molar-refractivity contribution >= 4 is 21.9 Å². The van der Waals surface area contributed by atoms with E-state index < -0.39 is 5.97 Å². The Kier molecular flexibility index (Phi) is 4.44. The second-order valence-corrected chi connectivity index (χ2v) is 5.29. The Balaban J connectivity index is 1.99. The van der Waals surface area contributed by atoms with E-state index in [1.165, 1.54) is 0 Å². The van der Waals surface area contributed by atoms with E-state index in [2.05, 4.69) is 21.0 Å². The van der Waals surface area contributed by atoms with Gasteiger partial charge in [0.2, 0.25) is 0 Å². The van der Waals surface area contributed by atoms with Crippen molar-refractivity contribution in [3.8, 4) is 5.75 Å². The average molecular weight is 339 g/mol. The maximum Gasteiger partial charge on any atom is 0.339 e. The molecule has 2 rings (SSSR count). The van der Waals surface area contributed by atoms with Gasteiger partial charge in [0.1, 0.15) is 17.9 Å². The summed E-state index contributed by atoms with van der Waals surface area (Å²) in [5.74, 6) is -0.173. The number of rotatable bonds is 5. The Morgan fingerprint density at radius 3 is 2.55 bits per heavy atom. The summed E-state index contributed by atoms with van der Waals surface area (Å²) in [6, 6.07) is 7.55. The lowest BCUT2D eigenvalue weighted by Crippen LogP contribution is -2.11. The molecule has 6 heteroatoms. The molecule has 0 radical (unpaired) electrons. The largest absolute Gasteiger partial charge is 0.492 e. The Morgan fingerprint density at radius 2 is 2.00 bits per heavy atom. The van der Waals surface area contributed by atoms with E-state index in [-0.39, 0.29) is 5.56 Å². The number of nitrogens with zero attached hydrogens (tertiary/aromatic N) is 2. The van der Waals surface area contributed by atoms with Crippen LogP contribution in [0.15, 0.2) is 28.7 Å². The third-order valence-electron chi connectivity index (χ3n) is 2.98. The van der Waals surface area contributed by atoms with Gasteiger partial charge in [0.25, 0.3) is 0 Å². The fourth-order valence-electron chi connectivity index (χ4n) is 2.00. The number of hydrogen-bond acceptors (Lipinski definition) is 3. The molecular formula is C14H15BrN2O3. The highest BCUT2D eigenvalue weighted by molar-refractivity contribution is 9.10. The van der Waals surface area contributed by atoms with Gasteiger partial charge < -0.3 is 9.84 Å². The van der Waals surface area contributed by atoms with Crippen molar-refractivity contribution in [1.82, 2.24) is 9.78 Å². The SMILES string of the molecule is Cc1nn(CCOc2ccc(Br)cc2)c(C)c1C(=O)O. The summed E-state index contributed by atoms with van der Waals surface area (Å²) in [7, 11) is 0. The number of carbonyl (C=O) groups is 1. The van der Waals surface area contributed by atoms with Crippen molar-refractivity contribution in [2.75, 3.05) is 6.61 Å². The zero-order valence-electron chi connectivity index (χ0n) is 11.3. The van der Waals surface area contributed by atoms with Gasteiger partial charge >= 0.3 is 5.97 Å². The lowest BCUT2D eigenvalue weighted by molar-refractivity contribution is 0.0695. The van der Waals surface area contributed by atoms with Gasteiger partial charge in [-0.2, -0.15) is 5.10 Å². The van der Waals surface area contributed by atoms with Crippen LogP contribution in [0.25, 0.3) is 0 Å². The first-order valence-corrected chi connectivity index (χ1v) is 6.94. The third-order valence-corrected chi connectivity index (χ3v) is 3.51. The lowest BCUT2D eigenvalue weighted by atomic mass is 10.2. The van der Waals surface area contributed by atoms with Crippen molar-refractivity contribution in [2.45, 2.75) is 20.4 Å². The van der Waals surface area contributed by atoms with Crippen LogP contribution in [0.3, 0.4) is 0 Å². The molecule has 0 saturated heterocycles. The van der Waals surface area contributed by atoms with Crippen LogP contribution in [-0.4, -0.2) is 27.5 Å². The standard InChI is InChI=1S/C14H15BrN2O3/c1-9-13(14(18)19)10(2)17(16-9)7-8-20-12-5-3-11(15)4-6-12/h3-6H,7-8H2,1-2H3,(H,18,19). The number of carboxylic acids is 1. The quantitative estimate of drug-likeness (QED) is 0.909. The van der Waals surface area contributed by atoms with Crippen LogP contribution < -0.4 is 4.74 Å². The third kappa shape index (κ3) is 3.19. The van der Waals surface area contributed by atoms with Gasteiger partial charge in [0, 0.05) is 4.47 Å². The first-order chi connectivity index (χ1) is 9.49. The lowest BCUT2D eigenvalue weighted by Gasteiger charge is -2.07. The molecule has 0 aliphatic heterocycles. The Bertz CT molecular complexity index is 620. The number of aryl methyl sites for hydroxylation is 1. The number of aromatic carboxylic acids is 1. The molecule has 106 valence electrons. The molecule has 1 heterocycles. The van der Waals surface area contributed by atoms with Gasteiger partial charge in [-0.3, -0.25) is 4.68 Å². The second kappa shape index (κ2) is 6.09. The summed E-state index contributed by atoms with van der Waals surface area (Å²) in [6.45, 7) is 4.39. The van der Waals surface area contributed by atoms with Crippen molar-refractivity contribution in [3.05, 3.63) is 45.7 Å². The fraction of sp³-hybridized carbons (Fsp3) is 0.286. The molecule has 0 spiro atoms. The van der Waals surface area contributed by atoms with E-state index >= 15 is 0 Å². The van der Waals surface area contributed by atoms with Crippen molar-refractivity contribution < 1.29 is 14.6 Å². The molecule has 0 fully saturated rings. The summed E-state index contributed by atoms with van der Waals surface area (Å²) >= 11 is 3.36. The van der Waals surface area contributed by atoms with Crippen molar-refractivity contribution in [2.24, 2.45) is 0 Å². The van der Waals surface area contributed by atoms with E-state index in [1.807, 2.05) is 24.3 Å². The number of ether oxygens (including phenoxy) is 1. The Hall–Kier alpha value is -1.82. The van der Waals surface area contributed by atoms with Gasteiger partial charge in [0.05, 0.1) is 17.9 Å². The van der Waals surface area contributed by atoms with Crippen LogP contribution in [0.2, 0.25) is 0 Å². The summed E-state index contributed by atoms with van der Waals surface area (Å²) in [4.78, 5) is 11.1. The molecule has 20 heavy (non-hydrogen) atoms. The molecule has 2 aromatic rings. The molecule has 0 amide bonds. The number of hydrogen-bond donors (Lipinski definition) is 1. The van der Waals surface area contributed by atoms with E-state index in [4.69, 9.17) is 9.84 Å². The van der Waals surface area contributed by atoms with Crippen molar-refractivity contribution in [3.63, 3.8) is 0 Å². The van der Waals surface area contributed by atoms with Crippen LogP contribution in [0.4, 0.5) is 0 Å². The molecule has 1 aromatic carbocycles. The number of benzene rings is 1. The summed E-state index contributed by atoms with van der Waals surface area (Å²) in [5.41, 5.74) is 1.45. The Morgan fingerprint density at radius 1 is 1.35 bits per heavy atom. The van der Waals surface area contributed by atoms with Gasteiger partial charge in [-0.15, -0.1) is 0 Å². The molecular weight excluding hydrogens is 324 g/mol. The highest BCUT2D eigenvalue weighted by atomic mass is 79.9. The molecule has 5 nitrogen and oxygen atoms in total. The van der Waals surface area contributed by atoms with Crippen LogP contribution in [0, 0.1) is 13.8 Å². The van der Waals surface area contributed by atoms with Crippen molar-refractivity contribution in [1.29, 1.82) is 0 Å². The second-order valence-electron chi connectivity index (χ2n) is 4.38. The summed E-state index contributed by atoms with van der Waals surface area (Å²) in [5, 5.41) is 13.3. The molecule has 0 bridgehead atoms. The number of halogens is 1. The van der Waals surface area contributed by atoms with Gasteiger partial charge in [-0.25, -0.2) is 4.79 Å². The van der Waals surface area contributed by atoms with E-state index in [1.54, 1.807) is 18.5 Å². The summed E-state index contributed by atoms with van der Waals surface area (Å²) in [6.07, 6.45) is 0. The molecule has 1 N–H and O–H groups in total. The van der Waals surface area contributed by atoms with Crippen LogP contribution in [0.5, 0.6) is 5.75 Å². The maximum absolute atomic E-state index is 11.1. The topological polar surface area (TPSA) is 64.4 Å².